The number of β-amino-alcohol motifs (C(OH)–C–C–N with tert-alkyl or cyclic N) is 1. The number of anilines is 1. The number of rotatable bonds is 5. The van der Waals surface area contributed by atoms with E-state index in [0.29, 0.717) is 37.1 Å². The molecule has 0 radical (unpaired) electrons. The van der Waals surface area contributed by atoms with Crippen molar-refractivity contribution < 1.29 is 20.1 Å². The summed E-state index contributed by atoms with van der Waals surface area (Å²) in [4.78, 5) is 19.8. The maximum atomic E-state index is 14.5. The zero-order valence-electron chi connectivity index (χ0n) is 28.2. The van der Waals surface area contributed by atoms with Crippen molar-refractivity contribution in [1.29, 1.82) is 0 Å². The first kappa shape index (κ1) is 33.0. The summed E-state index contributed by atoms with van der Waals surface area (Å²) in [6, 6.07) is 23.9. The Kier molecular flexibility index (Phi) is 9.24. The van der Waals surface area contributed by atoms with Crippen LogP contribution in [0.15, 0.2) is 84.4 Å². The van der Waals surface area contributed by atoms with Crippen LogP contribution in [0.3, 0.4) is 0 Å². The number of fused-ring (bicyclic) bond motifs is 9. The lowest BCUT2D eigenvalue weighted by Crippen LogP contribution is -2.56. The molecule has 1 aliphatic heterocycles. The Bertz CT molecular complexity index is 1790. The van der Waals surface area contributed by atoms with Crippen molar-refractivity contribution in [2.24, 2.45) is 5.41 Å². The number of nitrogens with zero attached hydrogens (tertiary/aromatic N) is 2. The van der Waals surface area contributed by atoms with Crippen LogP contribution in [0, 0.1) is 5.41 Å². The lowest BCUT2D eigenvalue weighted by molar-refractivity contribution is -0.0841. The quantitative estimate of drug-likeness (QED) is 0.150. The standard InChI is InChI=1S/C41H48N2O4S/c1-28-8-7-18-40(2)34(17-19-41(40,47)27-42-20-22-43(23-21-42)35-10-4-5-11-36(35)45)32-16-14-29(24-31(44)15-13-28)25-33(32)39(46)38-26-30-9-3-6-12-37(30)48-38/h3-6,8-12,14,16,25-26,31,34,44-45,47H,7,13,15,17-24,27H2,1-2H3. The Hall–Kier alpha value is -3.49. The molecule has 4 unspecified atom stereocenters. The molecule has 3 aliphatic carbocycles. The first-order chi connectivity index (χ1) is 23.1. The van der Waals surface area contributed by atoms with Crippen LogP contribution in [0.1, 0.15) is 84.7 Å². The highest BCUT2D eigenvalue weighted by atomic mass is 32.1. The van der Waals surface area contributed by atoms with Crippen LogP contribution in [0.25, 0.3) is 10.1 Å². The number of hydrogen-bond acceptors (Lipinski definition) is 7. The third-order valence-electron chi connectivity index (χ3n) is 11.6. The van der Waals surface area contributed by atoms with Gasteiger partial charge in [-0.15, -0.1) is 11.3 Å². The number of benzene rings is 3. The smallest absolute Gasteiger partial charge is 0.203 e. The Balaban J connectivity index is 1.22. The number of aliphatic hydroxyl groups excluding tert-OH is 1. The van der Waals surface area contributed by atoms with Crippen molar-refractivity contribution >= 4 is 32.9 Å². The molecule has 8 rings (SSSR count). The van der Waals surface area contributed by atoms with E-state index >= 15 is 0 Å². The monoisotopic (exact) mass is 664 g/mol. The highest BCUT2D eigenvalue weighted by molar-refractivity contribution is 7.21. The van der Waals surface area contributed by atoms with Crippen LogP contribution in [-0.4, -0.2) is 70.4 Å². The minimum absolute atomic E-state index is 0.00834. The number of carbonyl (C=O) groups excluding carboxylic acids is 1. The molecule has 1 saturated carbocycles. The summed E-state index contributed by atoms with van der Waals surface area (Å²) in [7, 11) is 0. The van der Waals surface area contributed by atoms with Crippen LogP contribution in [0.2, 0.25) is 0 Å². The van der Waals surface area contributed by atoms with Crippen molar-refractivity contribution in [3.8, 4) is 5.75 Å². The molecule has 2 heterocycles. The Morgan fingerprint density at radius 1 is 0.958 bits per heavy atom. The van der Waals surface area contributed by atoms with Crippen molar-refractivity contribution in [2.75, 3.05) is 37.6 Å². The molecule has 4 aromatic rings. The lowest BCUT2D eigenvalue weighted by atomic mass is 9.64. The molecule has 4 aliphatic rings. The van der Waals surface area contributed by atoms with E-state index in [-0.39, 0.29) is 11.7 Å². The van der Waals surface area contributed by atoms with Crippen LogP contribution in [0.4, 0.5) is 5.69 Å². The molecule has 3 N–H and O–H groups in total. The second kappa shape index (κ2) is 13.4. The average Bonchev–Trinajstić information content (AvgIpc) is 3.62. The van der Waals surface area contributed by atoms with E-state index in [1.165, 1.54) is 16.9 Å². The minimum atomic E-state index is -0.930. The van der Waals surface area contributed by atoms with Gasteiger partial charge >= 0.3 is 0 Å². The maximum absolute atomic E-state index is 14.5. The SMILES string of the molecule is CC1=CCCC2(C)C(CCC2(O)CN2CCN(c3ccccc3O)CC2)c2ccc(cc2C(=O)c2cc3ccccc3s2)CC(O)CC1. The molecule has 0 spiro atoms. The molecular formula is C41H48N2O4S. The number of thiophene rings is 1. The van der Waals surface area contributed by atoms with E-state index in [0.717, 1.165) is 83.6 Å². The number of allylic oxidation sites excluding steroid dienone is 2. The third kappa shape index (κ3) is 6.34. The number of aliphatic hydroxyl groups is 2. The highest BCUT2D eigenvalue weighted by Crippen LogP contribution is 2.59. The highest BCUT2D eigenvalue weighted by Gasteiger charge is 2.57. The predicted octanol–water partition coefficient (Wildman–Crippen LogP) is 7.70. The fourth-order valence-corrected chi connectivity index (χ4v) is 9.69. The molecule has 2 fully saturated rings. The molecule has 1 saturated heterocycles. The minimum Gasteiger partial charge on any atom is -0.506 e. The van der Waals surface area contributed by atoms with E-state index in [2.05, 4.69) is 54.0 Å². The normalized spacial score (nSPS) is 27.1. The van der Waals surface area contributed by atoms with Crippen LogP contribution in [-0.2, 0) is 6.42 Å². The second-order valence-electron chi connectivity index (χ2n) is 14.7. The summed E-state index contributed by atoms with van der Waals surface area (Å²) in [6.07, 6.45) is 6.99. The van der Waals surface area contributed by atoms with Crippen molar-refractivity contribution in [3.05, 3.63) is 106 Å². The molecule has 0 amide bonds. The van der Waals surface area contributed by atoms with Gasteiger partial charge in [-0.2, -0.15) is 0 Å². The summed E-state index contributed by atoms with van der Waals surface area (Å²) < 4.78 is 1.10. The largest absolute Gasteiger partial charge is 0.506 e. The summed E-state index contributed by atoms with van der Waals surface area (Å²) in [5.74, 6) is 0.345. The number of phenols is 1. The van der Waals surface area contributed by atoms with Crippen molar-refractivity contribution in [1.82, 2.24) is 4.90 Å². The number of phenolic OH excluding ortho intramolecular Hbond substituents is 1. The van der Waals surface area contributed by atoms with Crippen LogP contribution >= 0.6 is 11.3 Å². The molecule has 1 aromatic heterocycles. The van der Waals surface area contributed by atoms with Crippen molar-refractivity contribution in [3.63, 3.8) is 0 Å². The van der Waals surface area contributed by atoms with Gasteiger partial charge < -0.3 is 20.2 Å². The molecule has 6 nitrogen and oxygen atoms in total. The zero-order chi connectivity index (χ0) is 33.5. The Morgan fingerprint density at radius 3 is 2.52 bits per heavy atom. The topological polar surface area (TPSA) is 84.2 Å². The van der Waals surface area contributed by atoms with E-state index in [4.69, 9.17) is 0 Å². The lowest BCUT2D eigenvalue weighted by Gasteiger charge is -2.47. The molecule has 252 valence electrons. The van der Waals surface area contributed by atoms with Gasteiger partial charge in [0.1, 0.15) is 5.75 Å². The summed E-state index contributed by atoms with van der Waals surface area (Å²) in [5.41, 5.74) is 3.47. The fraction of sp³-hybridized carbons (Fsp3) is 0.439. The van der Waals surface area contributed by atoms with Gasteiger partial charge in [-0.1, -0.05) is 61.0 Å². The van der Waals surface area contributed by atoms with E-state index in [9.17, 15) is 20.1 Å². The number of aromatic hydroxyl groups is 1. The first-order valence-electron chi connectivity index (χ1n) is 17.6. The molecular weight excluding hydrogens is 617 g/mol. The maximum Gasteiger partial charge on any atom is 0.203 e. The fourth-order valence-electron chi connectivity index (χ4n) is 8.67. The first-order valence-corrected chi connectivity index (χ1v) is 18.4. The molecule has 2 bridgehead atoms. The van der Waals surface area contributed by atoms with Gasteiger partial charge in [-0.25, -0.2) is 0 Å². The van der Waals surface area contributed by atoms with Gasteiger partial charge in [0.2, 0.25) is 5.78 Å². The number of ketones is 1. The van der Waals surface area contributed by atoms with Gasteiger partial charge in [-0.3, -0.25) is 9.69 Å². The Labute approximate surface area is 288 Å². The van der Waals surface area contributed by atoms with Gasteiger partial charge in [0.25, 0.3) is 0 Å². The van der Waals surface area contributed by atoms with Gasteiger partial charge in [0.05, 0.1) is 22.3 Å². The summed E-state index contributed by atoms with van der Waals surface area (Å²) in [6.45, 7) is 8.20. The van der Waals surface area contributed by atoms with Gasteiger partial charge in [0.15, 0.2) is 0 Å². The van der Waals surface area contributed by atoms with E-state index in [1.807, 2.05) is 42.5 Å². The number of carbonyl (C=O) groups is 1. The van der Waals surface area contributed by atoms with E-state index < -0.39 is 17.1 Å². The average molecular weight is 665 g/mol. The van der Waals surface area contributed by atoms with Crippen molar-refractivity contribution in [2.45, 2.75) is 76.4 Å². The number of piperazine rings is 1. The summed E-state index contributed by atoms with van der Waals surface area (Å²) >= 11 is 1.54. The predicted molar refractivity (Wildman–Crippen MR) is 195 cm³/mol. The summed E-state index contributed by atoms with van der Waals surface area (Å²) in [5, 5.41) is 35.3. The molecule has 4 atom stereocenters. The molecule has 7 heteroatoms. The van der Waals surface area contributed by atoms with Crippen LogP contribution in [0.5, 0.6) is 5.75 Å². The van der Waals surface area contributed by atoms with E-state index in [1.54, 1.807) is 6.07 Å². The van der Waals surface area contributed by atoms with Crippen LogP contribution < -0.4 is 4.90 Å². The number of para-hydroxylation sites is 2. The zero-order valence-corrected chi connectivity index (χ0v) is 29.0. The second-order valence-corrected chi connectivity index (χ2v) is 15.8. The third-order valence-corrected chi connectivity index (χ3v) is 12.8. The van der Waals surface area contributed by atoms with Gasteiger partial charge in [0, 0.05) is 48.4 Å². The molecule has 3 aromatic carbocycles. The Morgan fingerprint density at radius 2 is 1.73 bits per heavy atom. The molecule has 48 heavy (non-hydrogen) atoms. The van der Waals surface area contributed by atoms with Gasteiger partial charge in [-0.05, 0) is 105 Å². The number of hydrogen-bond donors (Lipinski definition) is 3.